The minimum atomic E-state index is -5.08. The minimum Gasteiger partial charge on any atom is -0.475 e. The number of hydrogen-bond acceptors (Lipinski definition) is 8. The molecule has 3 aromatic carbocycles. The van der Waals surface area contributed by atoms with E-state index in [2.05, 4.69) is 10.5 Å². The number of carboxylic acids is 1. The second kappa shape index (κ2) is 14.1. The van der Waals surface area contributed by atoms with Gasteiger partial charge in [-0.1, -0.05) is 53.7 Å². The maximum absolute atomic E-state index is 13.4. The molecule has 5 N–H and O–H groups in total. The molecule has 242 valence electrons. The number of carbonyl (C=O) groups is 2. The number of nitrogens with zero attached hydrogens (tertiary/aromatic N) is 2. The van der Waals surface area contributed by atoms with E-state index < -0.39 is 44.0 Å². The Balaban J connectivity index is 0.000000707. The number of alkyl halides is 3. The molecule has 0 spiro atoms. The van der Waals surface area contributed by atoms with E-state index >= 15 is 0 Å². The van der Waals surface area contributed by atoms with Crippen molar-refractivity contribution in [1.82, 2.24) is 4.31 Å². The fraction of sp³-hybridized carbons (Fsp3) is 0.250. The second-order valence-corrected chi connectivity index (χ2v) is 13.8. The summed E-state index contributed by atoms with van der Waals surface area (Å²) in [5.41, 5.74) is 8.40. The molecule has 0 aliphatic carbocycles. The molecule has 1 aliphatic heterocycles. The van der Waals surface area contributed by atoms with E-state index in [-0.39, 0.29) is 29.4 Å². The summed E-state index contributed by atoms with van der Waals surface area (Å²) in [4.78, 5) is 22.5. The van der Waals surface area contributed by atoms with Crippen LogP contribution in [0, 0.1) is 0 Å². The highest BCUT2D eigenvalue weighted by Gasteiger charge is 2.39. The maximum atomic E-state index is 13.4. The molecule has 1 atom stereocenters. The van der Waals surface area contributed by atoms with E-state index in [0.29, 0.717) is 34.4 Å². The van der Waals surface area contributed by atoms with E-state index in [1.54, 1.807) is 66.7 Å². The van der Waals surface area contributed by atoms with Crippen molar-refractivity contribution in [3.05, 3.63) is 83.9 Å². The van der Waals surface area contributed by atoms with Crippen molar-refractivity contribution in [3.63, 3.8) is 0 Å². The molecule has 1 aliphatic rings. The zero-order valence-electron chi connectivity index (χ0n) is 23.6. The molecule has 1 fully saturated rings. The number of anilines is 1. The van der Waals surface area contributed by atoms with Crippen molar-refractivity contribution in [2.45, 2.75) is 30.0 Å². The zero-order valence-corrected chi connectivity index (χ0v) is 25.2. The average Bonchev–Trinajstić information content (AvgIpc) is 3.33. The number of nitrogens with two attached hydrogens (primary N) is 1. The van der Waals surface area contributed by atoms with Gasteiger partial charge in [0.05, 0.1) is 10.6 Å². The summed E-state index contributed by atoms with van der Waals surface area (Å²) >= 11 is 0. The molecule has 1 saturated heterocycles. The number of amidine groups is 1. The SMILES string of the molecule is CS(=O)(=O)c1ccccc1-c1ccc(NC(=O)C(Cc2cccc(/C(N)=N/O)c2)N2CCCS2(=O)=O)cc1.O=C(O)C(F)(F)F. The van der Waals surface area contributed by atoms with Crippen molar-refractivity contribution >= 4 is 43.3 Å². The number of sulfonamides is 1. The second-order valence-electron chi connectivity index (χ2n) is 9.82. The third-order valence-electron chi connectivity index (χ3n) is 6.54. The molecule has 1 unspecified atom stereocenters. The number of aliphatic carboxylic acids is 1. The first kappa shape index (κ1) is 35.0. The van der Waals surface area contributed by atoms with Crippen LogP contribution >= 0.6 is 0 Å². The summed E-state index contributed by atoms with van der Waals surface area (Å²) in [6.45, 7) is 0.224. The van der Waals surface area contributed by atoms with Gasteiger partial charge in [0, 0.05) is 29.6 Å². The van der Waals surface area contributed by atoms with Crippen LogP contribution in [0.4, 0.5) is 18.9 Å². The number of rotatable bonds is 8. The number of hydrogen-bond donors (Lipinski definition) is 4. The number of halogens is 3. The first-order valence-electron chi connectivity index (χ1n) is 13.0. The molecule has 0 saturated carbocycles. The Labute approximate surface area is 256 Å². The van der Waals surface area contributed by atoms with Crippen molar-refractivity contribution in [2.24, 2.45) is 10.9 Å². The van der Waals surface area contributed by atoms with Crippen molar-refractivity contribution in [3.8, 4) is 11.1 Å². The lowest BCUT2D eigenvalue weighted by atomic mass is 10.0. The Hall–Kier alpha value is -4.48. The quantitative estimate of drug-likeness (QED) is 0.120. The number of amides is 1. The van der Waals surface area contributed by atoms with Crippen LogP contribution in [-0.2, 0) is 35.9 Å². The maximum Gasteiger partial charge on any atom is 0.490 e. The van der Waals surface area contributed by atoms with Crippen LogP contribution in [0.15, 0.2) is 82.8 Å². The molecule has 1 amide bonds. The van der Waals surface area contributed by atoms with Crippen LogP contribution in [0.25, 0.3) is 11.1 Å². The van der Waals surface area contributed by atoms with Gasteiger partial charge < -0.3 is 21.4 Å². The predicted octanol–water partition coefficient (Wildman–Crippen LogP) is 3.07. The Morgan fingerprint density at radius 3 is 2.22 bits per heavy atom. The number of carboxylic acid groups (broad SMARTS) is 1. The predicted molar refractivity (Wildman–Crippen MR) is 159 cm³/mol. The third-order valence-corrected chi connectivity index (χ3v) is 9.65. The van der Waals surface area contributed by atoms with Crippen molar-refractivity contribution < 1.29 is 49.9 Å². The van der Waals surface area contributed by atoms with E-state index in [9.17, 15) is 34.8 Å². The van der Waals surface area contributed by atoms with Crippen LogP contribution in [0.3, 0.4) is 0 Å². The molecule has 4 rings (SSSR count). The largest absolute Gasteiger partial charge is 0.490 e. The van der Waals surface area contributed by atoms with Gasteiger partial charge >= 0.3 is 12.1 Å². The van der Waals surface area contributed by atoms with Crippen LogP contribution in [-0.4, -0.2) is 79.9 Å². The minimum absolute atomic E-state index is 0.0324. The molecular formula is C28H29F3N4O8S2. The van der Waals surface area contributed by atoms with Gasteiger partial charge in [-0.25, -0.2) is 21.6 Å². The van der Waals surface area contributed by atoms with Gasteiger partial charge in [-0.3, -0.25) is 4.79 Å². The summed E-state index contributed by atoms with van der Waals surface area (Å²) in [6.07, 6.45) is -3.43. The highest BCUT2D eigenvalue weighted by molar-refractivity contribution is 7.90. The molecule has 0 bridgehead atoms. The summed E-state index contributed by atoms with van der Waals surface area (Å²) in [5.74, 6) is -3.39. The lowest BCUT2D eigenvalue weighted by molar-refractivity contribution is -0.192. The average molecular weight is 671 g/mol. The number of benzene rings is 3. The Kier molecular flexibility index (Phi) is 11.0. The molecule has 45 heavy (non-hydrogen) atoms. The monoisotopic (exact) mass is 670 g/mol. The summed E-state index contributed by atoms with van der Waals surface area (Å²) in [6, 6.07) is 19.0. The van der Waals surface area contributed by atoms with Crippen LogP contribution in [0.2, 0.25) is 0 Å². The summed E-state index contributed by atoms with van der Waals surface area (Å²) < 4.78 is 82.7. The Morgan fingerprint density at radius 2 is 1.69 bits per heavy atom. The first-order chi connectivity index (χ1) is 20.9. The van der Waals surface area contributed by atoms with Crippen molar-refractivity contribution in [2.75, 3.05) is 23.9 Å². The lowest BCUT2D eigenvalue weighted by Gasteiger charge is -2.26. The molecule has 17 heteroatoms. The number of oxime groups is 1. The number of carbonyl (C=O) groups excluding carboxylic acids is 1. The fourth-order valence-corrected chi connectivity index (χ4v) is 7.06. The standard InChI is InChI=1S/C26H28N4O6S2.C2HF3O2/c1-37(33,34)24-9-3-2-8-22(24)19-10-12-21(13-11-19)28-26(31)23(30-14-5-15-38(30,35)36)17-18-6-4-7-20(16-18)25(27)29-32;3-2(4,5)1(6)7/h2-4,6-13,16,23,32H,5,14-15,17H2,1H3,(H2,27,29)(H,28,31);(H,6,7). The fourth-order valence-electron chi connectivity index (χ4n) is 4.46. The number of nitrogens with one attached hydrogen (secondary N) is 1. The van der Waals surface area contributed by atoms with Gasteiger partial charge in [0.25, 0.3) is 0 Å². The van der Waals surface area contributed by atoms with E-state index in [1.807, 2.05) is 0 Å². The van der Waals surface area contributed by atoms with Gasteiger partial charge in [0.2, 0.25) is 15.9 Å². The van der Waals surface area contributed by atoms with Crippen LogP contribution in [0.1, 0.15) is 17.5 Å². The topological polar surface area (TPSA) is 197 Å². The van der Waals surface area contributed by atoms with Gasteiger partial charge in [-0.2, -0.15) is 17.5 Å². The molecular weight excluding hydrogens is 641 g/mol. The third kappa shape index (κ3) is 9.26. The Morgan fingerprint density at radius 1 is 1.07 bits per heavy atom. The molecule has 3 aromatic rings. The highest BCUT2D eigenvalue weighted by atomic mass is 32.2. The zero-order chi connectivity index (χ0) is 33.6. The Bertz CT molecular complexity index is 1800. The lowest BCUT2D eigenvalue weighted by Crippen LogP contribution is -2.46. The molecule has 0 radical (unpaired) electrons. The van der Waals surface area contributed by atoms with E-state index in [4.69, 9.17) is 20.8 Å². The van der Waals surface area contributed by atoms with Gasteiger partial charge in [-0.05, 0) is 48.2 Å². The van der Waals surface area contributed by atoms with E-state index in [1.165, 1.54) is 10.4 Å². The summed E-state index contributed by atoms with van der Waals surface area (Å²) in [7, 11) is -7.05. The molecule has 0 aromatic heterocycles. The van der Waals surface area contributed by atoms with E-state index in [0.717, 1.165) is 6.26 Å². The highest BCUT2D eigenvalue weighted by Crippen LogP contribution is 2.29. The van der Waals surface area contributed by atoms with Gasteiger partial charge in [0.15, 0.2) is 15.7 Å². The summed E-state index contributed by atoms with van der Waals surface area (Å²) in [5, 5.41) is 21.9. The van der Waals surface area contributed by atoms with Crippen molar-refractivity contribution in [1.29, 1.82) is 0 Å². The van der Waals surface area contributed by atoms with Crippen LogP contribution in [0.5, 0.6) is 0 Å². The van der Waals surface area contributed by atoms with Gasteiger partial charge in [0.1, 0.15) is 6.04 Å². The van der Waals surface area contributed by atoms with Gasteiger partial charge in [-0.15, -0.1) is 0 Å². The smallest absolute Gasteiger partial charge is 0.475 e. The normalized spacial score (nSPS) is 15.9. The first-order valence-corrected chi connectivity index (χ1v) is 16.5. The number of sulfone groups is 1. The molecule has 12 nitrogen and oxygen atoms in total. The van der Waals surface area contributed by atoms with Crippen LogP contribution < -0.4 is 11.1 Å². The molecule has 1 heterocycles.